The average Bonchev–Trinajstić information content (AvgIpc) is 2.83. The third-order valence-electron chi connectivity index (χ3n) is 4.26. The van der Waals surface area contributed by atoms with Crippen molar-refractivity contribution in [1.29, 1.82) is 0 Å². The van der Waals surface area contributed by atoms with E-state index >= 15 is 0 Å². The summed E-state index contributed by atoms with van der Waals surface area (Å²) >= 11 is 12.4. The van der Waals surface area contributed by atoms with Gasteiger partial charge in [0.05, 0.1) is 18.4 Å². The molecule has 124 valence electrons. The molecular weight excluding hydrogens is 333 g/mol. The van der Waals surface area contributed by atoms with E-state index in [4.69, 9.17) is 27.9 Å². The van der Waals surface area contributed by atoms with E-state index in [-0.39, 0.29) is 6.10 Å². The van der Waals surface area contributed by atoms with Crippen LogP contribution in [0.1, 0.15) is 29.8 Å². The molecule has 0 N–H and O–H groups in total. The van der Waals surface area contributed by atoms with Crippen LogP contribution in [0.25, 0.3) is 0 Å². The van der Waals surface area contributed by atoms with Crippen LogP contribution in [0.4, 0.5) is 0 Å². The Balaban J connectivity index is 1.73. The highest BCUT2D eigenvalue weighted by atomic mass is 35.5. The average molecular weight is 354 g/mol. The van der Waals surface area contributed by atoms with Crippen LogP contribution in [0.2, 0.25) is 10.2 Å². The van der Waals surface area contributed by atoms with Crippen molar-refractivity contribution in [2.24, 2.45) is 7.05 Å². The van der Waals surface area contributed by atoms with Gasteiger partial charge in [-0.3, -0.25) is 9.58 Å². The van der Waals surface area contributed by atoms with Crippen LogP contribution in [0.5, 0.6) is 0 Å². The summed E-state index contributed by atoms with van der Waals surface area (Å²) in [5.74, 6) is 0. The minimum absolute atomic E-state index is 0.0709. The van der Waals surface area contributed by atoms with Gasteiger partial charge in [0.15, 0.2) is 0 Å². The third-order valence-corrected chi connectivity index (χ3v) is 4.99. The minimum atomic E-state index is 0.0709. The van der Waals surface area contributed by atoms with Crippen LogP contribution in [0, 0.1) is 0 Å². The lowest BCUT2D eigenvalue weighted by Gasteiger charge is -2.33. The SMILES string of the molecule is CCc1nn(C)c(Cl)c1CN1CCO[C@H](c2ccc(Cl)cc2)C1. The molecule has 0 saturated carbocycles. The molecule has 6 heteroatoms. The Kier molecular flexibility index (Phi) is 5.27. The molecule has 1 saturated heterocycles. The first-order valence-electron chi connectivity index (χ1n) is 7.88. The second kappa shape index (κ2) is 7.22. The predicted molar refractivity (Wildman–Crippen MR) is 93.0 cm³/mol. The van der Waals surface area contributed by atoms with Crippen molar-refractivity contribution in [2.75, 3.05) is 19.7 Å². The molecule has 1 aliphatic rings. The Bertz CT molecular complexity index is 669. The topological polar surface area (TPSA) is 30.3 Å². The minimum Gasteiger partial charge on any atom is -0.371 e. The Labute approximate surface area is 146 Å². The van der Waals surface area contributed by atoms with Crippen molar-refractivity contribution in [2.45, 2.75) is 26.0 Å². The maximum Gasteiger partial charge on any atom is 0.131 e. The van der Waals surface area contributed by atoms with Gasteiger partial charge in [0.2, 0.25) is 0 Å². The van der Waals surface area contributed by atoms with Crippen molar-refractivity contribution in [3.8, 4) is 0 Å². The fraction of sp³-hybridized carbons (Fsp3) is 0.471. The van der Waals surface area contributed by atoms with Gasteiger partial charge < -0.3 is 4.74 Å². The number of hydrogen-bond acceptors (Lipinski definition) is 3. The Hall–Kier alpha value is -1.07. The number of benzene rings is 1. The van der Waals surface area contributed by atoms with Crippen molar-refractivity contribution in [3.63, 3.8) is 0 Å². The third kappa shape index (κ3) is 3.72. The van der Waals surface area contributed by atoms with Gasteiger partial charge in [0, 0.05) is 37.3 Å². The zero-order valence-electron chi connectivity index (χ0n) is 13.4. The lowest BCUT2D eigenvalue weighted by Crippen LogP contribution is -2.38. The van der Waals surface area contributed by atoms with Crippen molar-refractivity contribution in [3.05, 3.63) is 51.3 Å². The Morgan fingerprint density at radius 2 is 2.00 bits per heavy atom. The largest absolute Gasteiger partial charge is 0.371 e. The highest BCUT2D eigenvalue weighted by Crippen LogP contribution is 2.27. The van der Waals surface area contributed by atoms with Crippen molar-refractivity contribution < 1.29 is 4.74 Å². The predicted octanol–water partition coefficient (Wildman–Crippen LogP) is 3.86. The van der Waals surface area contributed by atoms with Crippen LogP contribution in [-0.2, 0) is 24.8 Å². The first-order valence-corrected chi connectivity index (χ1v) is 8.63. The number of halogens is 2. The van der Waals surface area contributed by atoms with Crippen LogP contribution in [0.15, 0.2) is 24.3 Å². The lowest BCUT2D eigenvalue weighted by molar-refractivity contribution is -0.0329. The fourth-order valence-corrected chi connectivity index (χ4v) is 3.32. The van der Waals surface area contributed by atoms with Crippen LogP contribution in [-0.4, -0.2) is 34.4 Å². The van der Waals surface area contributed by atoms with Gasteiger partial charge in [-0.05, 0) is 24.1 Å². The van der Waals surface area contributed by atoms with E-state index in [1.54, 1.807) is 4.68 Å². The molecular formula is C17H21Cl2N3O. The molecule has 0 unspecified atom stereocenters. The van der Waals surface area contributed by atoms with Crippen LogP contribution in [0.3, 0.4) is 0 Å². The van der Waals surface area contributed by atoms with Gasteiger partial charge in [-0.15, -0.1) is 0 Å². The first-order chi connectivity index (χ1) is 11.1. The summed E-state index contributed by atoms with van der Waals surface area (Å²) in [5, 5.41) is 5.97. The maximum atomic E-state index is 6.41. The summed E-state index contributed by atoms with van der Waals surface area (Å²) in [6.07, 6.45) is 0.961. The lowest BCUT2D eigenvalue weighted by atomic mass is 10.1. The van der Waals surface area contributed by atoms with E-state index < -0.39 is 0 Å². The summed E-state index contributed by atoms with van der Waals surface area (Å²) in [6.45, 7) is 5.38. The van der Waals surface area contributed by atoms with Crippen molar-refractivity contribution in [1.82, 2.24) is 14.7 Å². The number of aryl methyl sites for hydroxylation is 2. The van der Waals surface area contributed by atoms with Gasteiger partial charge in [-0.25, -0.2) is 0 Å². The molecule has 2 heterocycles. The summed E-state index contributed by atoms with van der Waals surface area (Å²) in [5.41, 5.74) is 3.37. The van der Waals surface area contributed by atoms with Gasteiger partial charge in [0.25, 0.3) is 0 Å². The van der Waals surface area contributed by atoms with E-state index in [2.05, 4.69) is 16.9 Å². The molecule has 4 nitrogen and oxygen atoms in total. The molecule has 23 heavy (non-hydrogen) atoms. The molecule has 1 atom stereocenters. The molecule has 0 spiro atoms. The monoisotopic (exact) mass is 353 g/mol. The highest BCUT2D eigenvalue weighted by molar-refractivity contribution is 6.30. The maximum absolute atomic E-state index is 6.41. The molecule has 2 aromatic rings. The van der Waals surface area contributed by atoms with Gasteiger partial charge in [-0.1, -0.05) is 42.3 Å². The zero-order chi connectivity index (χ0) is 16.4. The highest BCUT2D eigenvalue weighted by Gasteiger charge is 2.24. The molecule has 1 aromatic carbocycles. The molecule has 1 fully saturated rings. The zero-order valence-corrected chi connectivity index (χ0v) is 14.9. The second-order valence-corrected chi connectivity index (χ2v) is 6.63. The number of hydrogen-bond donors (Lipinski definition) is 0. The molecule has 1 aromatic heterocycles. The van der Waals surface area contributed by atoms with E-state index in [1.807, 2.05) is 31.3 Å². The van der Waals surface area contributed by atoms with E-state index in [0.717, 1.165) is 53.1 Å². The van der Waals surface area contributed by atoms with Gasteiger partial charge >= 0.3 is 0 Å². The van der Waals surface area contributed by atoms with E-state index in [0.29, 0.717) is 6.61 Å². The summed E-state index contributed by atoms with van der Waals surface area (Å²) in [6, 6.07) is 7.88. The van der Waals surface area contributed by atoms with Gasteiger partial charge in [0.1, 0.15) is 5.15 Å². The summed E-state index contributed by atoms with van der Waals surface area (Å²) in [4.78, 5) is 2.38. The van der Waals surface area contributed by atoms with E-state index in [1.165, 1.54) is 0 Å². The number of ether oxygens (including phenoxy) is 1. The standard InChI is InChI=1S/C17H21Cl2N3O/c1-3-15-14(17(19)21(2)20-15)10-22-8-9-23-16(11-22)12-4-6-13(18)7-5-12/h4-7,16H,3,8-11H2,1-2H3/t16-/m0/s1. The van der Waals surface area contributed by atoms with Crippen LogP contribution < -0.4 is 0 Å². The molecule has 0 radical (unpaired) electrons. The van der Waals surface area contributed by atoms with Crippen LogP contribution >= 0.6 is 23.2 Å². The first kappa shape index (κ1) is 16.8. The summed E-state index contributed by atoms with van der Waals surface area (Å²) < 4.78 is 7.68. The normalized spacial score (nSPS) is 19.2. The summed E-state index contributed by atoms with van der Waals surface area (Å²) in [7, 11) is 1.89. The molecule has 3 rings (SSSR count). The number of nitrogens with zero attached hydrogens (tertiary/aromatic N) is 3. The number of morpholine rings is 1. The quantitative estimate of drug-likeness (QED) is 0.835. The number of aromatic nitrogens is 2. The molecule has 1 aliphatic heterocycles. The van der Waals surface area contributed by atoms with Crippen molar-refractivity contribution >= 4 is 23.2 Å². The fourth-order valence-electron chi connectivity index (χ4n) is 2.99. The Morgan fingerprint density at radius 1 is 1.26 bits per heavy atom. The Morgan fingerprint density at radius 3 is 2.70 bits per heavy atom. The molecule has 0 aliphatic carbocycles. The molecule has 0 amide bonds. The second-order valence-electron chi connectivity index (χ2n) is 5.84. The smallest absolute Gasteiger partial charge is 0.131 e. The van der Waals surface area contributed by atoms with E-state index in [9.17, 15) is 0 Å². The number of rotatable bonds is 4. The van der Waals surface area contributed by atoms with Gasteiger partial charge in [-0.2, -0.15) is 5.10 Å². The molecule has 0 bridgehead atoms.